The predicted octanol–water partition coefficient (Wildman–Crippen LogP) is 2.68. The number of carbonyl (C=O) groups is 2. The molecule has 172 valence electrons. The van der Waals surface area contributed by atoms with Crippen molar-refractivity contribution >= 4 is 23.4 Å². The summed E-state index contributed by atoms with van der Waals surface area (Å²) in [5.41, 5.74) is -0.295. The third kappa shape index (κ3) is 5.16. The van der Waals surface area contributed by atoms with Crippen LogP contribution in [0.1, 0.15) is 44.9 Å². The summed E-state index contributed by atoms with van der Waals surface area (Å²) in [5, 5.41) is 18.3. The predicted molar refractivity (Wildman–Crippen MR) is 116 cm³/mol. The number of carbonyl (C=O) groups excluding carboxylic acids is 2. The molecule has 0 spiro atoms. The normalized spacial score (nSPS) is 30.7. The van der Waals surface area contributed by atoms with Crippen molar-refractivity contribution in [1.29, 1.82) is 5.26 Å². The summed E-state index contributed by atoms with van der Waals surface area (Å²) in [6.45, 7) is 0.564. The summed E-state index contributed by atoms with van der Waals surface area (Å²) in [5.74, 6) is 0.251. The maximum absolute atomic E-state index is 13.5. The number of nitriles is 1. The Balaban J connectivity index is 1.19. The average molecular weight is 463 g/mol. The highest BCUT2D eigenvalue weighted by Gasteiger charge is 2.57. The van der Waals surface area contributed by atoms with Crippen molar-refractivity contribution in [2.75, 3.05) is 13.2 Å². The molecular weight excluding hydrogens is 435 g/mol. The number of halogens is 2. The van der Waals surface area contributed by atoms with E-state index in [-0.39, 0.29) is 46.8 Å². The van der Waals surface area contributed by atoms with Crippen LogP contribution >= 0.6 is 11.6 Å². The van der Waals surface area contributed by atoms with Gasteiger partial charge in [-0.1, -0.05) is 11.6 Å². The number of hydrogen-bond donors (Lipinski definition) is 3. The zero-order chi connectivity index (χ0) is 22.7. The van der Waals surface area contributed by atoms with Gasteiger partial charge in [0.15, 0.2) is 6.61 Å². The van der Waals surface area contributed by atoms with E-state index in [2.05, 4.69) is 22.0 Å². The molecule has 7 nitrogen and oxygen atoms in total. The molecule has 1 aliphatic heterocycles. The van der Waals surface area contributed by atoms with Crippen molar-refractivity contribution in [3.63, 3.8) is 0 Å². The average Bonchev–Trinajstić information content (AvgIpc) is 3.26. The number of nitrogens with zero attached hydrogens (tertiary/aromatic N) is 1. The smallest absolute Gasteiger partial charge is 0.258 e. The number of benzene rings is 1. The molecule has 2 unspecified atom stereocenters. The van der Waals surface area contributed by atoms with E-state index < -0.39 is 5.82 Å². The van der Waals surface area contributed by atoms with Gasteiger partial charge in [0.05, 0.1) is 17.1 Å². The van der Waals surface area contributed by atoms with Crippen molar-refractivity contribution in [2.24, 2.45) is 11.8 Å². The Labute approximate surface area is 192 Å². The lowest BCUT2D eigenvalue weighted by molar-refractivity contribution is -0.126. The van der Waals surface area contributed by atoms with Crippen LogP contribution in [0.4, 0.5) is 4.39 Å². The highest BCUT2D eigenvalue weighted by Crippen LogP contribution is 2.52. The van der Waals surface area contributed by atoms with Crippen LogP contribution in [0.15, 0.2) is 18.2 Å². The minimum atomic E-state index is -0.593. The zero-order valence-corrected chi connectivity index (χ0v) is 18.6. The molecule has 1 saturated heterocycles. The number of hydrogen-bond acceptors (Lipinski definition) is 5. The van der Waals surface area contributed by atoms with Crippen molar-refractivity contribution in [2.45, 2.75) is 62.6 Å². The number of piperidine rings is 1. The second-order valence-electron chi connectivity index (χ2n) is 9.28. The first-order valence-electron chi connectivity index (χ1n) is 11.2. The maximum Gasteiger partial charge on any atom is 0.258 e. The van der Waals surface area contributed by atoms with Gasteiger partial charge in [0.2, 0.25) is 5.91 Å². The first-order valence-corrected chi connectivity index (χ1v) is 11.5. The first-order chi connectivity index (χ1) is 15.4. The third-order valence-corrected chi connectivity index (χ3v) is 7.28. The fourth-order valence-corrected chi connectivity index (χ4v) is 5.41. The molecule has 3 N–H and O–H groups in total. The summed E-state index contributed by atoms with van der Waals surface area (Å²) in [6, 6.07) is 6.11. The molecule has 1 heterocycles. The van der Waals surface area contributed by atoms with Gasteiger partial charge in [-0.15, -0.1) is 0 Å². The Bertz CT molecular complexity index is 907. The van der Waals surface area contributed by atoms with Gasteiger partial charge in [-0.05, 0) is 69.0 Å². The zero-order valence-electron chi connectivity index (χ0n) is 17.8. The molecule has 1 aromatic carbocycles. The molecular formula is C23H28ClFN4O3. The SMILES string of the molecule is N#CCCC1CCC(C(=O)N[C@H]2CC3(NC(=O)COc4ccc(Cl)c(F)c4)CC2C3)NC1. The molecule has 3 saturated carbocycles. The highest BCUT2D eigenvalue weighted by atomic mass is 35.5. The Kier molecular flexibility index (Phi) is 6.87. The number of amides is 2. The lowest BCUT2D eigenvalue weighted by atomic mass is 9.76. The van der Waals surface area contributed by atoms with Gasteiger partial charge in [-0.3, -0.25) is 9.59 Å². The molecule has 3 aliphatic carbocycles. The van der Waals surface area contributed by atoms with Crippen molar-refractivity contribution in [3.8, 4) is 11.8 Å². The van der Waals surface area contributed by atoms with E-state index in [4.69, 9.17) is 21.6 Å². The van der Waals surface area contributed by atoms with Gasteiger partial charge >= 0.3 is 0 Å². The first kappa shape index (κ1) is 22.8. The van der Waals surface area contributed by atoms with Gasteiger partial charge in [-0.25, -0.2) is 4.39 Å². The van der Waals surface area contributed by atoms with Crippen LogP contribution in [0.3, 0.4) is 0 Å². The summed E-state index contributed by atoms with van der Waals surface area (Å²) >= 11 is 5.65. The van der Waals surface area contributed by atoms with Gasteiger partial charge in [0.25, 0.3) is 5.91 Å². The Morgan fingerprint density at radius 2 is 2.12 bits per heavy atom. The fraction of sp³-hybridized carbons (Fsp3) is 0.609. The molecule has 4 aliphatic rings. The van der Waals surface area contributed by atoms with Crippen LogP contribution in [-0.2, 0) is 9.59 Å². The van der Waals surface area contributed by atoms with E-state index in [9.17, 15) is 14.0 Å². The molecule has 3 atom stereocenters. The molecule has 5 rings (SSSR count). The van der Waals surface area contributed by atoms with E-state index >= 15 is 0 Å². The number of rotatable bonds is 8. The van der Waals surface area contributed by atoms with Crippen molar-refractivity contribution in [1.82, 2.24) is 16.0 Å². The summed E-state index contributed by atoms with van der Waals surface area (Å²) in [7, 11) is 0. The molecule has 1 aromatic rings. The second kappa shape index (κ2) is 9.63. The van der Waals surface area contributed by atoms with Gasteiger partial charge in [0, 0.05) is 24.1 Å². The largest absolute Gasteiger partial charge is 0.484 e. The molecule has 2 amide bonds. The molecule has 4 fully saturated rings. The molecule has 2 bridgehead atoms. The Morgan fingerprint density at radius 3 is 2.81 bits per heavy atom. The van der Waals surface area contributed by atoms with E-state index in [1.807, 2.05) is 0 Å². The van der Waals surface area contributed by atoms with Gasteiger partial charge in [-0.2, -0.15) is 5.26 Å². The second-order valence-corrected chi connectivity index (χ2v) is 9.69. The summed E-state index contributed by atoms with van der Waals surface area (Å²) < 4.78 is 18.9. The summed E-state index contributed by atoms with van der Waals surface area (Å²) in [6.07, 6.45) is 5.56. The van der Waals surface area contributed by atoms with Crippen LogP contribution in [-0.4, -0.2) is 42.6 Å². The molecule has 32 heavy (non-hydrogen) atoms. The third-order valence-electron chi connectivity index (χ3n) is 6.98. The maximum atomic E-state index is 13.5. The minimum absolute atomic E-state index is 0.00230. The molecule has 0 aromatic heterocycles. The standard InChI is InChI=1S/C23H28ClFN4O3/c24-17-5-4-16(8-18(17)25)32-13-21(30)29-23-9-15(10-23)20(11-23)28-22(31)19-6-3-14(12-27-19)2-1-7-26/h4-5,8,14-15,19-20,27H,1-3,6,9-13H2,(H,28,31)(H,29,30)/t14?,15?,19?,20-,23?/m0/s1. The van der Waals surface area contributed by atoms with Crippen LogP contribution in [0.2, 0.25) is 5.02 Å². The number of fused-ring (bicyclic) bond motifs is 1. The van der Waals surface area contributed by atoms with Gasteiger partial charge < -0.3 is 20.7 Å². The highest BCUT2D eigenvalue weighted by molar-refractivity contribution is 6.30. The summed E-state index contributed by atoms with van der Waals surface area (Å²) in [4.78, 5) is 25.1. The minimum Gasteiger partial charge on any atom is -0.484 e. The fourth-order valence-electron chi connectivity index (χ4n) is 5.29. The Hall–Kier alpha value is -2.37. The van der Waals surface area contributed by atoms with E-state index in [1.165, 1.54) is 12.1 Å². The Morgan fingerprint density at radius 1 is 1.31 bits per heavy atom. The number of nitrogens with one attached hydrogen (secondary N) is 3. The molecule has 9 heteroatoms. The van der Waals surface area contributed by atoms with Crippen LogP contribution in [0, 0.1) is 29.0 Å². The lowest BCUT2D eigenvalue weighted by Crippen LogP contribution is -2.53. The van der Waals surface area contributed by atoms with Gasteiger partial charge in [0.1, 0.15) is 11.6 Å². The van der Waals surface area contributed by atoms with E-state index in [1.54, 1.807) is 0 Å². The van der Waals surface area contributed by atoms with Crippen molar-refractivity contribution < 1.29 is 18.7 Å². The number of ether oxygens (including phenoxy) is 1. The van der Waals surface area contributed by atoms with Crippen LogP contribution < -0.4 is 20.7 Å². The van der Waals surface area contributed by atoms with Crippen molar-refractivity contribution in [3.05, 3.63) is 29.0 Å². The lowest BCUT2D eigenvalue weighted by Gasteiger charge is -2.39. The van der Waals surface area contributed by atoms with Crippen LogP contribution in [0.25, 0.3) is 0 Å². The topological polar surface area (TPSA) is 103 Å². The monoisotopic (exact) mass is 462 g/mol. The van der Waals surface area contributed by atoms with E-state index in [0.717, 1.165) is 44.7 Å². The van der Waals surface area contributed by atoms with E-state index in [0.29, 0.717) is 24.7 Å². The molecule has 0 radical (unpaired) electrons. The quantitative estimate of drug-likeness (QED) is 0.551. The van der Waals surface area contributed by atoms with Crippen LogP contribution in [0.5, 0.6) is 5.75 Å².